The second kappa shape index (κ2) is 7.26. The van der Waals surface area contributed by atoms with E-state index in [0.29, 0.717) is 34.3 Å². The molecule has 0 aromatic heterocycles. The lowest BCUT2D eigenvalue weighted by molar-refractivity contribution is 0.104. The van der Waals surface area contributed by atoms with Gasteiger partial charge in [0.25, 0.3) is 0 Å². The van der Waals surface area contributed by atoms with Gasteiger partial charge in [0.15, 0.2) is 17.3 Å². The summed E-state index contributed by atoms with van der Waals surface area (Å²) in [5.41, 5.74) is 0.740. The fourth-order valence-corrected chi connectivity index (χ4v) is 2.64. The minimum Gasteiger partial charge on any atom is -0.507 e. The number of phenolic OH excluding ortho intramolecular Hbond substituents is 1. The van der Waals surface area contributed by atoms with Crippen LogP contribution in [0, 0.1) is 0 Å². The first-order chi connectivity index (χ1) is 12.6. The molecule has 1 N–H and O–H groups in total. The maximum Gasteiger partial charge on any atom is 0.231 e. The fourth-order valence-electron chi connectivity index (χ4n) is 2.64. The Morgan fingerprint density at radius 1 is 1.08 bits per heavy atom. The molecule has 26 heavy (non-hydrogen) atoms. The molecule has 1 heterocycles. The van der Waals surface area contributed by atoms with Crippen LogP contribution in [0.25, 0.3) is 6.08 Å². The molecular weight excluding hydrogens is 340 g/mol. The SMILES string of the molecule is COc1ccc(C(=O)/C=C/c2cc3c(c(OC)c2OC)OCO3)c(O)c1. The Bertz CT molecular complexity index is 871. The third-order valence-corrected chi connectivity index (χ3v) is 3.90. The monoisotopic (exact) mass is 358 g/mol. The van der Waals surface area contributed by atoms with Gasteiger partial charge in [-0.25, -0.2) is 0 Å². The predicted molar refractivity (Wildman–Crippen MR) is 93.7 cm³/mol. The van der Waals surface area contributed by atoms with Crippen molar-refractivity contribution in [3.8, 4) is 34.5 Å². The summed E-state index contributed by atoms with van der Waals surface area (Å²) in [4.78, 5) is 12.4. The van der Waals surface area contributed by atoms with Crippen molar-refractivity contribution in [2.75, 3.05) is 28.1 Å². The summed E-state index contributed by atoms with van der Waals surface area (Å²) in [6, 6.07) is 6.18. The first kappa shape index (κ1) is 17.5. The van der Waals surface area contributed by atoms with Crippen LogP contribution in [0.5, 0.6) is 34.5 Å². The maximum absolute atomic E-state index is 12.4. The van der Waals surface area contributed by atoms with E-state index in [1.165, 1.54) is 39.5 Å². The number of benzene rings is 2. The van der Waals surface area contributed by atoms with Gasteiger partial charge in [-0.1, -0.05) is 0 Å². The number of aromatic hydroxyl groups is 1. The van der Waals surface area contributed by atoms with Gasteiger partial charge < -0.3 is 28.8 Å². The Morgan fingerprint density at radius 3 is 2.50 bits per heavy atom. The highest BCUT2D eigenvalue weighted by Gasteiger charge is 2.25. The van der Waals surface area contributed by atoms with E-state index in [2.05, 4.69) is 0 Å². The van der Waals surface area contributed by atoms with Gasteiger partial charge in [-0.05, 0) is 30.4 Å². The molecule has 3 rings (SSSR count). The van der Waals surface area contributed by atoms with Crippen LogP contribution in [0.4, 0.5) is 0 Å². The van der Waals surface area contributed by atoms with Crippen molar-refractivity contribution in [2.45, 2.75) is 0 Å². The molecule has 136 valence electrons. The summed E-state index contributed by atoms with van der Waals surface area (Å²) in [7, 11) is 4.47. The Balaban J connectivity index is 1.94. The van der Waals surface area contributed by atoms with E-state index in [1.54, 1.807) is 18.2 Å². The van der Waals surface area contributed by atoms with Gasteiger partial charge in [0.2, 0.25) is 18.3 Å². The zero-order chi connectivity index (χ0) is 18.7. The molecule has 1 aliphatic rings. The van der Waals surface area contributed by atoms with Crippen LogP contribution in [0.1, 0.15) is 15.9 Å². The van der Waals surface area contributed by atoms with Crippen LogP contribution in [0.3, 0.4) is 0 Å². The molecule has 0 bridgehead atoms. The number of carbonyl (C=O) groups is 1. The second-order valence-corrected chi connectivity index (χ2v) is 5.35. The van der Waals surface area contributed by atoms with Gasteiger partial charge in [0, 0.05) is 11.6 Å². The third kappa shape index (κ3) is 3.11. The Labute approximate surface area is 150 Å². The van der Waals surface area contributed by atoms with Crippen LogP contribution in [-0.2, 0) is 0 Å². The van der Waals surface area contributed by atoms with Crippen LogP contribution in [0.2, 0.25) is 0 Å². The zero-order valence-electron chi connectivity index (χ0n) is 14.6. The number of allylic oxidation sites excluding steroid dienone is 1. The lowest BCUT2D eigenvalue weighted by Gasteiger charge is -2.12. The molecule has 0 saturated carbocycles. The fraction of sp³-hybridized carbons (Fsp3) is 0.211. The maximum atomic E-state index is 12.4. The predicted octanol–water partition coefficient (Wildman–Crippen LogP) is 3.04. The normalized spacial score (nSPS) is 12.3. The zero-order valence-corrected chi connectivity index (χ0v) is 14.6. The van der Waals surface area contributed by atoms with Crippen molar-refractivity contribution in [2.24, 2.45) is 0 Å². The highest BCUT2D eigenvalue weighted by atomic mass is 16.7. The summed E-state index contributed by atoms with van der Waals surface area (Å²) in [5.74, 6) is 1.70. The molecule has 0 aliphatic carbocycles. The van der Waals surface area contributed by atoms with E-state index < -0.39 is 0 Å². The summed E-state index contributed by atoms with van der Waals surface area (Å²) < 4.78 is 26.5. The van der Waals surface area contributed by atoms with E-state index in [9.17, 15) is 9.90 Å². The molecule has 7 heteroatoms. The number of ether oxygens (including phenoxy) is 5. The molecule has 0 fully saturated rings. The number of rotatable bonds is 6. The molecular formula is C19H18O7. The van der Waals surface area contributed by atoms with Crippen LogP contribution in [0.15, 0.2) is 30.3 Å². The highest BCUT2D eigenvalue weighted by molar-refractivity contribution is 6.08. The van der Waals surface area contributed by atoms with Crippen molar-refractivity contribution >= 4 is 11.9 Å². The van der Waals surface area contributed by atoms with Gasteiger partial charge in [0.1, 0.15) is 11.5 Å². The molecule has 2 aromatic carbocycles. The third-order valence-electron chi connectivity index (χ3n) is 3.90. The molecule has 0 saturated heterocycles. The van der Waals surface area contributed by atoms with Gasteiger partial charge in [0.05, 0.1) is 26.9 Å². The number of carbonyl (C=O) groups excluding carboxylic acids is 1. The molecule has 0 atom stereocenters. The number of ketones is 1. The Hall–Kier alpha value is -3.35. The lowest BCUT2D eigenvalue weighted by atomic mass is 10.1. The average molecular weight is 358 g/mol. The molecule has 2 aromatic rings. The van der Waals surface area contributed by atoms with Crippen LogP contribution >= 0.6 is 0 Å². The first-order valence-corrected chi connectivity index (χ1v) is 7.73. The molecule has 0 spiro atoms. The number of hydrogen-bond donors (Lipinski definition) is 1. The van der Waals surface area contributed by atoms with E-state index in [0.717, 1.165) is 0 Å². The van der Waals surface area contributed by atoms with E-state index in [1.807, 2.05) is 0 Å². The second-order valence-electron chi connectivity index (χ2n) is 5.35. The Morgan fingerprint density at radius 2 is 1.85 bits per heavy atom. The van der Waals surface area contributed by atoms with Gasteiger partial charge >= 0.3 is 0 Å². The van der Waals surface area contributed by atoms with Gasteiger partial charge in [-0.2, -0.15) is 0 Å². The van der Waals surface area contributed by atoms with E-state index in [4.69, 9.17) is 23.7 Å². The molecule has 0 amide bonds. The number of hydrogen-bond acceptors (Lipinski definition) is 7. The van der Waals surface area contributed by atoms with Crippen molar-refractivity contribution < 1.29 is 33.6 Å². The van der Waals surface area contributed by atoms with E-state index >= 15 is 0 Å². The minimum absolute atomic E-state index is 0.0840. The highest BCUT2D eigenvalue weighted by Crippen LogP contribution is 2.49. The number of phenols is 1. The van der Waals surface area contributed by atoms with Crippen LogP contribution in [-0.4, -0.2) is 39.0 Å². The lowest BCUT2D eigenvalue weighted by Crippen LogP contribution is -1.97. The summed E-state index contributed by atoms with van der Waals surface area (Å²) >= 11 is 0. The topological polar surface area (TPSA) is 83.5 Å². The molecule has 0 unspecified atom stereocenters. The van der Waals surface area contributed by atoms with Crippen molar-refractivity contribution in [3.63, 3.8) is 0 Å². The molecule has 1 aliphatic heterocycles. The molecule has 7 nitrogen and oxygen atoms in total. The van der Waals surface area contributed by atoms with Crippen molar-refractivity contribution in [3.05, 3.63) is 41.5 Å². The summed E-state index contributed by atoms with van der Waals surface area (Å²) in [6.07, 6.45) is 2.90. The quantitative estimate of drug-likeness (QED) is 0.628. The largest absolute Gasteiger partial charge is 0.507 e. The van der Waals surface area contributed by atoms with Gasteiger partial charge in [-0.15, -0.1) is 0 Å². The van der Waals surface area contributed by atoms with E-state index in [-0.39, 0.29) is 23.9 Å². The number of methoxy groups -OCH3 is 3. The van der Waals surface area contributed by atoms with Crippen molar-refractivity contribution in [1.29, 1.82) is 0 Å². The van der Waals surface area contributed by atoms with Crippen LogP contribution < -0.4 is 23.7 Å². The summed E-state index contributed by atoms with van der Waals surface area (Å²) in [6.45, 7) is 0.0840. The minimum atomic E-state index is -0.371. The Kier molecular flexibility index (Phi) is 4.88. The molecule has 0 radical (unpaired) electrons. The average Bonchev–Trinajstić information content (AvgIpc) is 3.12. The first-order valence-electron chi connectivity index (χ1n) is 7.73. The number of fused-ring (bicyclic) bond motifs is 1. The standard InChI is InChI=1S/C19H18O7/c1-22-12-5-6-13(15(21)9-12)14(20)7-4-11-8-16-18(26-10-25-16)19(24-3)17(11)23-2/h4-9,21H,10H2,1-3H3/b7-4+. The smallest absolute Gasteiger partial charge is 0.231 e. The summed E-state index contributed by atoms with van der Waals surface area (Å²) in [5, 5.41) is 9.98. The van der Waals surface area contributed by atoms with Crippen molar-refractivity contribution in [1.82, 2.24) is 0 Å². The van der Waals surface area contributed by atoms with Gasteiger partial charge in [-0.3, -0.25) is 4.79 Å².